The molecule has 11 heteroatoms. The first-order valence-electron chi connectivity index (χ1n) is 11.6. The molecule has 35 heavy (non-hydrogen) atoms. The van der Waals surface area contributed by atoms with E-state index in [9.17, 15) is 19.5 Å². The van der Waals surface area contributed by atoms with Crippen molar-refractivity contribution in [2.24, 2.45) is 5.92 Å². The Morgan fingerprint density at radius 1 is 1.23 bits per heavy atom. The number of hydrogen-bond donors (Lipinski definition) is 3. The Kier molecular flexibility index (Phi) is 6.14. The van der Waals surface area contributed by atoms with Crippen LogP contribution in [0.15, 0.2) is 11.0 Å². The number of aromatic carboxylic acids is 1. The van der Waals surface area contributed by atoms with Gasteiger partial charge in [-0.1, -0.05) is 0 Å². The normalized spacial score (nSPS) is 19.1. The summed E-state index contributed by atoms with van der Waals surface area (Å²) in [6.07, 6.45) is 2.47. The SMILES string of the molecule is C[C@H](NC(=O)OC(C)(C)C)[C@@H]1CCN(c2c(F)c(N)c3c(=O)c(C(=O)O)cn(C4CC4)c3c2F)C1. The van der Waals surface area contributed by atoms with E-state index < -0.39 is 51.4 Å². The third kappa shape index (κ3) is 4.63. The highest BCUT2D eigenvalue weighted by molar-refractivity contribution is 5.99. The Bertz CT molecular complexity index is 1270. The number of carboxylic acids is 1. The highest BCUT2D eigenvalue weighted by Crippen LogP contribution is 2.42. The number of pyridine rings is 1. The molecule has 2 aliphatic rings. The van der Waals surface area contributed by atoms with Crippen LogP contribution in [0.3, 0.4) is 0 Å². The van der Waals surface area contributed by atoms with Crippen molar-refractivity contribution >= 4 is 34.3 Å². The number of aromatic nitrogens is 1. The van der Waals surface area contributed by atoms with Crippen LogP contribution >= 0.6 is 0 Å². The third-order valence-electron chi connectivity index (χ3n) is 6.53. The number of hydrogen-bond acceptors (Lipinski definition) is 6. The number of benzene rings is 1. The largest absolute Gasteiger partial charge is 0.477 e. The molecule has 1 amide bonds. The van der Waals surface area contributed by atoms with E-state index in [2.05, 4.69) is 5.32 Å². The minimum Gasteiger partial charge on any atom is -0.477 e. The van der Waals surface area contributed by atoms with Gasteiger partial charge in [0.15, 0.2) is 11.6 Å². The number of alkyl carbamates (subject to hydrolysis) is 1. The number of halogens is 2. The van der Waals surface area contributed by atoms with Crippen LogP contribution in [0, 0.1) is 17.6 Å². The van der Waals surface area contributed by atoms with Crippen molar-refractivity contribution in [1.29, 1.82) is 0 Å². The van der Waals surface area contributed by atoms with Crippen molar-refractivity contribution in [3.05, 3.63) is 33.6 Å². The van der Waals surface area contributed by atoms with Crippen molar-refractivity contribution in [2.75, 3.05) is 23.7 Å². The number of nitrogen functional groups attached to an aromatic ring is 1. The van der Waals surface area contributed by atoms with E-state index in [1.807, 2.05) is 0 Å². The highest BCUT2D eigenvalue weighted by atomic mass is 19.1. The van der Waals surface area contributed by atoms with Gasteiger partial charge in [0.1, 0.15) is 16.9 Å². The number of fused-ring (bicyclic) bond motifs is 1. The maximum absolute atomic E-state index is 15.9. The van der Waals surface area contributed by atoms with Gasteiger partial charge in [-0.15, -0.1) is 0 Å². The molecule has 4 rings (SSSR count). The van der Waals surface area contributed by atoms with E-state index in [-0.39, 0.29) is 35.8 Å². The van der Waals surface area contributed by atoms with Crippen LogP contribution in [0.2, 0.25) is 0 Å². The average Bonchev–Trinajstić information content (AvgIpc) is 3.47. The molecule has 1 aromatic heterocycles. The van der Waals surface area contributed by atoms with Crippen LogP contribution in [0.1, 0.15) is 63.4 Å². The minimum atomic E-state index is -1.48. The van der Waals surface area contributed by atoms with Crippen LogP contribution in [0.25, 0.3) is 10.9 Å². The van der Waals surface area contributed by atoms with Gasteiger partial charge in [0.2, 0.25) is 5.43 Å². The van der Waals surface area contributed by atoms with Crippen molar-refractivity contribution in [1.82, 2.24) is 9.88 Å². The van der Waals surface area contributed by atoms with E-state index in [1.165, 1.54) is 9.47 Å². The standard InChI is InChI=1S/C24H30F2N4O5/c1-11(28-23(34)35-24(2,3)4)12-7-8-29(9-12)20-16(25)18(27)15-19(17(20)26)30(13-5-6-13)10-14(21(15)31)22(32)33/h10-13H,5-9,27H2,1-4H3,(H,28,34)(H,32,33)/t11-,12+/m0/s1. The van der Waals surface area contributed by atoms with E-state index in [4.69, 9.17) is 10.5 Å². The fourth-order valence-corrected chi connectivity index (χ4v) is 4.63. The van der Waals surface area contributed by atoms with Gasteiger partial charge in [0.05, 0.1) is 16.6 Å². The quantitative estimate of drug-likeness (QED) is 0.544. The van der Waals surface area contributed by atoms with Crippen molar-refractivity contribution in [2.45, 2.75) is 64.6 Å². The van der Waals surface area contributed by atoms with Crippen LogP contribution in [-0.4, -0.2) is 46.5 Å². The van der Waals surface area contributed by atoms with Gasteiger partial charge in [-0.05, 0) is 52.9 Å². The van der Waals surface area contributed by atoms with Crippen LogP contribution in [0.4, 0.5) is 25.0 Å². The Morgan fingerprint density at radius 2 is 1.89 bits per heavy atom. The molecule has 1 saturated carbocycles. The second-order valence-corrected chi connectivity index (χ2v) is 10.4. The molecular formula is C24H30F2N4O5. The molecule has 190 valence electrons. The number of nitrogens with one attached hydrogen (secondary N) is 1. The Hall–Kier alpha value is -3.37. The smallest absolute Gasteiger partial charge is 0.407 e. The van der Waals surface area contributed by atoms with Gasteiger partial charge in [0, 0.05) is 31.4 Å². The molecule has 0 spiro atoms. The zero-order valence-corrected chi connectivity index (χ0v) is 20.2. The number of amides is 1. The van der Waals surface area contributed by atoms with Crippen LogP contribution in [0.5, 0.6) is 0 Å². The van der Waals surface area contributed by atoms with E-state index in [1.54, 1.807) is 27.7 Å². The third-order valence-corrected chi connectivity index (χ3v) is 6.53. The number of rotatable bonds is 5. The molecule has 0 bridgehead atoms. The molecule has 9 nitrogen and oxygen atoms in total. The fourth-order valence-electron chi connectivity index (χ4n) is 4.63. The summed E-state index contributed by atoms with van der Waals surface area (Å²) in [5.74, 6) is -3.63. The summed E-state index contributed by atoms with van der Waals surface area (Å²) in [5.41, 5.74) is 2.64. The van der Waals surface area contributed by atoms with Gasteiger partial charge in [-0.3, -0.25) is 4.79 Å². The van der Waals surface area contributed by atoms with Crippen LogP contribution < -0.4 is 21.4 Å². The van der Waals surface area contributed by atoms with Crippen molar-refractivity contribution in [3.63, 3.8) is 0 Å². The lowest BCUT2D eigenvalue weighted by Gasteiger charge is -2.26. The molecule has 0 radical (unpaired) electrons. The van der Waals surface area contributed by atoms with Gasteiger partial charge in [-0.2, -0.15) is 0 Å². The number of carboxylic acid groups (broad SMARTS) is 1. The summed E-state index contributed by atoms with van der Waals surface area (Å²) >= 11 is 0. The molecular weight excluding hydrogens is 462 g/mol. The highest BCUT2D eigenvalue weighted by Gasteiger charge is 2.36. The fraction of sp³-hybridized carbons (Fsp3) is 0.542. The van der Waals surface area contributed by atoms with Crippen molar-refractivity contribution < 1.29 is 28.2 Å². The van der Waals surface area contributed by atoms with Gasteiger partial charge < -0.3 is 30.4 Å². The van der Waals surface area contributed by atoms with Crippen LogP contribution in [-0.2, 0) is 4.74 Å². The Labute approximate surface area is 200 Å². The molecule has 0 unspecified atom stereocenters. The first kappa shape index (κ1) is 24.7. The molecule has 2 fully saturated rings. The summed E-state index contributed by atoms with van der Waals surface area (Å²) in [6.45, 7) is 7.62. The monoisotopic (exact) mass is 492 g/mol. The van der Waals surface area contributed by atoms with Gasteiger partial charge >= 0.3 is 12.1 Å². The zero-order chi connectivity index (χ0) is 25.8. The minimum absolute atomic E-state index is 0.113. The van der Waals surface area contributed by atoms with E-state index >= 15 is 8.78 Å². The predicted octanol–water partition coefficient (Wildman–Crippen LogP) is 3.63. The average molecular weight is 493 g/mol. The number of anilines is 2. The lowest BCUT2D eigenvalue weighted by Crippen LogP contribution is -2.42. The van der Waals surface area contributed by atoms with E-state index in [0.717, 1.165) is 6.20 Å². The number of nitrogens with two attached hydrogens (primary N) is 1. The molecule has 2 atom stereocenters. The first-order valence-corrected chi connectivity index (χ1v) is 11.6. The summed E-state index contributed by atoms with van der Waals surface area (Å²) < 4.78 is 38.0. The lowest BCUT2D eigenvalue weighted by atomic mass is 10.0. The first-order chi connectivity index (χ1) is 16.3. The molecule has 1 aromatic carbocycles. The number of ether oxygens (including phenoxy) is 1. The molecule has 4 N–H and O–H groups in total. The summed E-state index contributed by atoms with van der Waals surface area (Å²) in [6, 6.07) is -0.505. The lowest BCUT2D eigenvalue weighted by molar-refractivity contribution is 0.0494. The maximum atomic E-state index is 15.9. The zero-order valence-electron chi connectivity index (χ0n) is 20.2. The summed E-state index contributed by atoms with van der Waals surface area (Å²) in [4.78, 5) is 38.0. The topological polar surface area (TPSA) is 127 Å². The molecule has 2 heterocycles. The van der Waals surface area contributed by atoms with Gasteiger partial charge in [-0.25, -0.2) is 18.4 Å². The van der Waals surface area contributed by atoms with Gasteiger partial charge in [0.25, 0.3) is 0 Å². The molecule has 1 saturated heterocycles. The maximum Gasteiger partial charge on any atom is 0.407 e. The van der Waals surface area contributed by atoms with E-state index in [0.29, 0.717) is 25.8 Å². The number of nitrogens with zero attached hydrogens (tertiary/aromatic N) is 2. The molecule has 1 aliphatic heterocycles. The molecule has 2 aromatic rings. The summed E-state index contributed by atoms with van der Waals surface area (Å²) in [5, 5.41) is 11.7. The number of carbonyl (C=O) groups excluding carboxylic acids is 1. The Morgan fingerprint density at radius 3 is 2.46 bits per heavy atom. The second-order valence-electron chi connectivity index (χ2n) is 10.4. The number of carbonyl (C=O) groups is 2. The second kappa shape index (κ2) is 8.69. The molecule has 1 aliphatic carbocycles. The Balaban J connectivity index is 1.70. The summed E-state index contributed by atoms with van der Waals surface area (Å²) in [7, 11) is 0. The predicted molar refractivity (Wildman–Crippen MR) is 127 cm³/mol. The van der Waals surface area contributed by atoms with Crippen molar-refractivity contribution in [3.8, 4) is 0 Å².